The Balaban J connectivity index is 1.45. The van der Waals surface area contributed by atoms with Gasteiger partial charge in [-0.1, -0.05) is 76.6 Å². The first-order valence-corrected chi connectivity index (χ1v) is 17.6. The van der Waals surface area contributed by atoms with Crippen LogP contribution >= 0.6 is 0 Å². The number of ether oxygens (including phenoxy) is 2. The van der Waals surface area contributed by atoms with Gasteiger partial charge in [0.1, 0.15) is 23.3 Å². The number of hydrogen-bond donors (Lipinski definition) is 0. The van der Waals surface area contributed by atoms with E-state index >= 15 is 17.6 Å². The molecule has 4 aromatic carbocycles. The number of rotatable bonds is 17. The molecule has 0 spiro atoms. The average molecular weight is 691 g/mol. The highest BCUT2D eigenvalue weighted by molar-refractivity contribution is 5.91. The molecule has 4 rings (SSSR count). The van der Waals surface area contributed by atoms with Gasteiger partial charge in [0.25, 0.3) is 0 Å². The van der Waals surface area contributed by atoms with Crippen LogP contribution in [0, 0.1) is 23.3 Å². The van der Waals surface area contributed by atoms with E-state index in [4.69, 9.17) is 9.47 Å². The number of esters is 2. The van der Waals surface area contributed by atoms with Gasteiger partial charge in [0.2, 0.25) is 0 Å². The lowest BCUT2D eigenvalue weighted by Crippen LogP contribution is -2.15. The van der Waals surface area contributed by atoms with Crippen LogP contribution in [0.5, 0.6) is 0 Å². The predicted octanol–water partition coefficient (Wildman–Crippen LogP) is 12.3. The van der Waals surface area contributed by atoms with E-state index in [0.717, 1.165) is 88.5 Å². The second-order valence-corrected chi connectivity index (χ2v) is 12.9. The van der Waals surface area contributed by atoms with Crippen molar-refractivity contribution in [1.29, 1.82) is 0 Å². The molecular weight excluding hydrogens is 644 g/mol. The molecule has 0 saturated carbocycles. The molecule has 0 saturated heterocycles. The van der Waals surface area contributed by atoms with Crippen LogP contribution < -0.4 is 0 Å². The third-order valence-electron chi connectivity index (χ3n) is 8.78. The molecule has 0 aliphatic carbocycles. The topological polar surface area (TPSA) is 52.6 Å². The fourth-order valence-corrected chi connectivity index (χ4v) is 5.91. The minimum atomic E-state index is -0.932. The third kappa shape index (κ3) is 10.3. The first-order chi connectivity index (χ1) is 24.0. The number of benzene rings is 4. The van der Waals surface area contributed by atoms with E-state index in [0.29, 0.717) is 0 Å². The van der Waals surface area contributed by atoms with Crippen LogP contribution in [-0.2, 0) is 9.47 Å². The Morgan fingerprint density at radius 2 is 0.820 bits per heavy atom. The van der Waals surface area contributed by atoms with Gasteiger partial charge >= 0.3 is 11.9 Å². The maximum Gasteiger partial charge on any atom is 0.338 e. The second-order valence-electron chi connectivity index (χ2n) is 12.9. The predicted molar refractivity (Wildman–Crippen MR) is 190 cm³/mol. The summed E-state index contributed by atoms with van der Waals surface area (Å²) in [5, 5.41) is 0. The van der Waals surface area contributed by atoms with Gasteiger partial charge < -0.3 is 9.47 Å². The van der Waals surface area contributed by atoms with Gasteiger partial charge in [-0.05, 0) is 110 Å². The lowest BCUT2D eigenvalue weighted by Gasteiger charge is -2.14. The summed E-state index contributed by atoms with van der Waals surface area (Å²) in [7, 11) is 0. The van der Waals surface area contributed by atoms with Gasteiger partial charge in [-0.3, -0.25) is 0 Å². The molecule has 2 atom stereocenters. The Morgan fingerprint density at radius 1 is 0.500 bits per heavy atom. The number of unbranched alkanes of at least 4 members (excludes halogenated alkanes) is 6. The Bertz CT molecular complexity index is 1560. The van der Waals surface area contributed by atoms with Gasteiger partial charge in [-0.15, -0.1) is 0 Å². The van der Waals surface area contributed by atoms with Crippen LogP contribution in [0.2, 0.25) is 0 Å². The second kappa shape index (κ2) is 18.5. The van der Waals surface area contributed by atoms with Crippen molar-refractivity contribution in [1.82, 2.24) is 0 Å². The monoisotopic (exact) mass is 690 g/mol. The largest absolute Gasteiger partial charge is 0.459 e. The molecule has 0 heterocycles. The number of halogens is 4. The summed E-state index contributed by atoms with van der Waals surface area (Å²) >= 11 is 0. The summed E-state index contributed by atoms with van der Waals surface area (Å²) < 4.78 is 72.4. The minimum Gasteiger partial charge on any atom is -0.459 e. The van der Waals surface area contributed by atoms with E-state index in [1.165, 1.54) is 48.5 Å². The van der Waals surface area contributed by atoms with E-state index in [1.54, 1.807) is 0 Å². The molecule has 0 unspecified atom stereocenters. The Morgan fingerprint density at radius 3 is 1.12 bits per heavy atom. The molecule has 8 heteroatoms. The van der Waals surface area contributed by atoms with Crippen molar-refractivity contribution >= 4 is 11.9 Å². The van der Waals surface area contributed by atoms with E-state index in [9.17, 15) is 9.59 Å². The van der Waals surface area contributed by atoms with Gasteiger partial charge in [0, 0.05) is 0 Å². The molecule has 0 fully saturated rings. The fraction of sp³-hybridized carbons (Fsp3) is 0.381. The van der Waals surface area contributed by atoms with Crippen molar-refractivity contribution in [2.75, 3.05) is 0 Å². The van der Waals surface area contributed by atoms with Crippen LogP contribution in [0.3, 0.4) is 0 Å². The van der Waals surface area contributed by atoms with Crippen molar-refractivity contribution in [3.8, 4) is 33.4 Å². The lowest BCUT2D eigenvalue weighted by molar-refractivity contribution is 0.0309. The SMILES string of the molecule is CCCCCC[C@H](C)OC(=O)c1ccc(-c2c(F)cc(-c3cc(F)c(-c4ccc(C(=O)O[C@@H](C)CCCCCC)cc4)c(F)c3)cc2F)cc1. The van der Waals surface area contributed by atoms with Crippen LogP contribution in [0.4, 0.5) is 17.6 Å². The Kier molecular flexibility index (Phi) is 14.2. The first kappa shape index (κ1) is 38.3. The molecule has 0 radical (unpaired) electrons. The van der Waals surface area contributed by atoms with E-state index < -0.39 is 35.2 Å². The van der Waals surface area contributed by atoms with E-state index in [1.807, 2.05) is 13.8 Å². The first-order valence-electron chi connectivity index (χ1n) is 17.6. The molecular formula is C42H46F4O4. The normalized spacial score (nSPS) is 12.4. The standard InChI is InChI=1S/C42H46F4O4/c1-5-7-9-11-13-27(3)49-41(47)31-19-15-29(16-20-31)39-35(43)23-33(24-36(39)44)34-25-37(45)40(38(46)26-34)30-17-21-32(22-18-30)42(48)50-28(4)14-12-10-8-6-2/h15-28H,5-14H2,1-4H3/t27-,28-/m0/s1. The minimum absolute atomic E-state index is 0.0527. The Hall–Kier alpha value is -4.46. The molecule has 50 heavy (non-hydrogen) atoms. The van der Waals surface area contributed by atoms with Gasteiger partial charge in [0.15, 0.2) is 0 Å². The maximum atomic E-state index is 15.3. The van der Waals surface area contributed by atoms with Crippen LogP contribution in [0.15, 0.2) is 72.8 Å². The van der Waals surface area contributed by atoms with Crippen molar-refractivity contribution in [3.63, 3.8) is 0 Å². The summed E-state index contributed by atoms with van der Waals surface area (Å²) in [6, 6.07) is 15.6. The van der Waals surface area contributed by atoms with E-state index in [2.05, 4.69) is 13.8 Å². The third-order valence-corrected chi connectivity index (χ3v) is 8.78. The number of hydrogen-bond acceptors (Lipinski definition) is 4. The van der Waals surface area contributed by atoms with E-state index in [-0.39, 0.29) is 56.7 Å². The zero-order valence-corrected chi connectivity index (χ0v) is 29.3. The van der Waals surface area contributed by atoms with Crippen LogP contribution in [-0.4, -0.2) is 24.1 Å². The molecule has 0 aromatic heterocycles. The van der Waals surface area contributed by atoms with Crippen LogP contribution in [0.25, 0.3) is 33.4 Å². The molecule has 266 valence electrons. The van der Waals surface area contributed by atoms with Crippen molar-refractivity contribution in [2.45, 2.75) is 104 Å². The Labute approximate surface area is 292 Å². The quantitative estimate of drug-likeness (QED) is 0.0629. The summed E-state index contributed by atoms with van der Waals surface area (Å²) in [4.78, 5) is 25.1. The zero-order chi connectivity index (χ0) is 36.2. The highest BCUT2D eigenvalue weighted by Gasteiger charge is 2.20. The summed E-state index contributed by atoms with van der Waals surface area (Å²) in [6.07, 6.45) is 9.59. The summed E-state index contributed by atoms with van der Waals surface area (Å²) in [5.41, 5.74) is 0.130. The molecule has 0 N–H and O–H groups in total. The zero-order valence-electron chi connectivity index (χ0n) is 29.3. The molecule has 0 bridgehead atoms. The molecule has 4 aromatic rings. The number of carbonyl (C=O) groups is 2. The van der Waals surface area contributed by atoms with Crippen molar-refractivity contribution in [3.05, 3.63) is 107 Å². The van der Waals surface area contributed by atoms with Crippen molar-refractivity contribution < 1.29 is 36.6 Å². The maximum absolute atomic E-state index is 15.3. The highest BCUT2D eigenvalue weighted by Crippen LogP contribution is 2.35. The van der Waals surface area contributed by atoms with Gasteiger partial charge in [0.05, 0.1) is 34.5 Å². The van der Waals surface area contributed by atoms with Crippen molar-refractivity contribution in [2.24, 2.45) is 0 Å². The smallest absolute Gasteiger partial charge is 0.338 e. The fourth-order valence-electron chi connectivity index (χ4n) is 5.91. The number of carbonyl (C=O) groups excluding carboxylic acids is 2. The summed E-state index contributed by atoms with van der Waals surface area (Å²) in [6.45, 7) is 7.93. The lowest BCUT2D eigenvalue weighted by atomic mass is 9.95. The molecule has 0 aliphatic heterocycles. The van der Waals surface area contributed by atoms with Gasteiger partial charge in [-0.2, -0.15) is 0 Å². The summed E-state index contributed by atoms with van der Waals surface area (Å²) in [5.74, 6) is -4.76. The molecule has 0 aliphatic rings. The van der Waals surface area contributed by atoms with Gasteiger partial charge in [-0.25, -0.2) is 27.2 Å². The van der Waals surface area contributed by atoms with Crippen LogP contribution in [0.1, 0.15) is 113 Å². The molecule has 4 nitrogen and oxygen atoms in total. The molecule has 0 amide bonds. The average Bonchev–Trinajstić information content (AvgIpc) is 3.08. The highest BCUT2D eigenvalue weighted by atomic mass is 19.1.